The number of carbonyl (C=O) groups excluding carboxylic acids is 2. The highest BCUT2D eigenvalue weighted by Crippen LogP contribution is 2.20. The molecule has 0 aliphatic carbocycles. The van der Waals surface area contributed by atoms with E-state index in [1.54, 1.807) is 38.2 Å². The maximum atomic E-state index is 13.3. The van der Waals surface area contributed by atoms with Crippen molar-refractivity contribution in [3.63, 3.8) is 0 Å². The standard InChI is InChI=1S/C25H23N5O7/c1-4-37-25(33)18-14-17-21(26-20-7-5-6-10-28(20)24(17)32)29(11-12-36-3)22(18)27-23(31)16-9-8-15(2)19(13-16)30(34)35/h5-10,13-14H,4,11-12H2,1-3H3. The van der Waals surface area contributed by atoms with E-state index < -0.39 is 22.4 Å². The largest absolute Gasteiger partial charge is 0.462 e. The van der Waals surface area contributed by atoms with Gasteiger partial charge in [-0.25, -0.2) is 9.78 Å². The smallest absolute Gasteiger partial charge is 0.341 e. The molecule has 0 N–H and O–H groups in total. The summed E-state index contributed by atoms with van der Waals surface area (Å²) in [4.78, 5) is 59.0. The highest BCUT2D eigenvalue weighted by atomic mass is 16.6. The van der Waals surface area contributed by atoms with E-state index in [1.807, 2.05) is 0 Å². The third-order valence-corrected chi connectivity index (χ3v) is 5.66. The number of pyridine rings is 2. The van der Waals surface area contributed by atoms with Crippen molar-refractivity contribution in [2.45, 2.75) is 20.4 Å². The van der Waals surface area contributed by atoms with Crippen molar-refractivity contribution >= 4 is 34.2 Å². The van der Waals surface area contributed by atoms with Crippen LogP contribution in [0.4, 0.5) is 5.69 Å². The first-order valence-electron chi connectivity index (χ1n) is 11.3. The van der Waals surface area contributed by atoms with Crippen LogP contribution in [0.2, 0.25) is 0 Å². The number of esters is 1. The van der Waals surface area contributed by atoms with Crippen LogP contribution in [0.25, 0.3) is 16.7 Å². The number of nitro groups is 1. The van der Waals surface area contributed by atoms with Gasteiger partial charge in [0.15, 0.2) is 5.49 Å². The van der Waals surface area contributed by atoms with E-state index >= 15 is 0 Å². The monoisotopic (exact) mass is 505 g/mol. The number of methoxy groups -OCH3 is 1. The molecule has 3 heterocycles. The van der Waals surface area contributed by atoms with Crippen molar-refractivity contribution in [3.8, 4) is 0 Å². The molecule has 0 fully saturated rings. The normalized spacial score (nSPS) is 11.7. The molecule has 37 heavy (non-hydrogen) atoms. The number of nitrogens with zero attached hydrogens (tertiary/aromatic N) is 5. The molecule has 0 radical (unpaired) electrons. The van der Waals surface area contributed by atoms with Gasteiger partial charge in [0.25, 0.3) is 17.2 Å². The van der Waals surface area contributed by atoms with E-state index in [2.05, 4.69) is 9.98 Å². The number of hydrogen-bond donors (Lipinski definition) is 0. The number of hydrogen-bond acceptors (Lipinski definition) is 8. The molecule has 0 spiro atoms. The minimum Gasteiger partial charge on any atom is -0.462 e. The molecule has 3 aromatic heterocycles. The van der Waals surface area contributed by atoms with Crippen LogP contribution in [0.15, 0.2) is 58.4 Å². The first kappa shape index (κ1) is 25.4. The molecule has 4 aromatic rings. The lowest BCUT2D eigenvalue weighted by molar-refractivity contribution is -0.385. The second-order valence-corrected chi connectivity index (χ2v) is 8.00. The summed E-state index contributed by atoms with van der Waals surface area (Å²) in [6, 6.07) is 10.3. The first-order valence-corrected chi connectivity index (χ1v) is 11.3. The molecule has 0 atom stereocenters. The molecule has 4 rings (SSSR count). The lowest BCUT2D eigenvalue weighted by Crippen LogP contribution is -2.33. The molecule has 0 saturated heterocycles. The van der Waals surface area contributed by atoms with Crippen molar-refractivity contribution in [1.29, 1.82) is 0 Å². The van der Waals surface area contributed by atoms with Gasteiger partial charge in [-0.3, -0.25) is 24.1 Å². The summed E-state index contributed by atoms with van der Waals surface area (Å²) >= 11 is 0. The third-order valence-electron chi connectivity index (χ3n) is 5.66. The molecule has 1 amide bonds. The summed E-state index contributed by atoms with van der Waals surface area (Å²) in [7, 11) is 1.48. The molecule has 190 valence electrons. The summed E-state index contributed by atoms with van der Waals surface area (Å²) in [5.74, 6) is -1.62. The SMILES string of the molecule is CCOC(=O)c1cc2c(=O)n3ccccc3nc2n(CCOC)c1=NC(=O)c1ccc(C)c([N+](=O)[O-])c1. The van der Waals surface area contributed by atoms with Crippen LogP contribution in [0.1, 0.15) is 33.2 Å². The Hall–Kier alpha value is -4.71. The maximum Gasteiger partial charge on any atom is 0.341 e. The zero-order valence-corrected chi connectivity index (χ0v) is 20.3. The van der Waals surface area contributed by atoms with Gasteiger partial charge in [0.2, 0.25) is 0 Å². The van der Waals surface area contributed by atoms with Gasteiger partial charge in [-0.05, 0) is 38.1 Å². The average Bonchev–Trinajstić information content (AvgIpc) is 2.88. The number of nitro benzene ring substituents is 1. The fraction of sp³-hybridized carbons (Fsp3) is 0.240. The predicted molar refractivity (Wildman–Crippen MR) is 133 cm³/mol. The molecule has 1 aromatic carbocycles. The Labute approximate surface area is 209 Å². The van der Waals surface area contributed by atoms with E-state index in [9.17, 15) is 24.5 Å². The highest BCUT2D eigenvalue weighted by Gasteiger charge is 2.21. The van der Waals surface area contributed by atoms with E-state index in [1.165, 1.54) is 34.3 Å². The number of ether oxygens (including phenoxy) is 2. The van der Waals surface area contributed by atoms with Crippen LogP contribution in [-0.4, -0.2) is 51.1 Å². The molecule has 0 saturated carbocycles. The maximum absolute atomic E-state index is 13.3. The Balaban J connectivity index is 2.09. The van der Waals surface area contributed by atoms with Gasteiger partial charge >= 0.3 is 5.97 Å². The van der Waals surface area contributed by atoms with Crippen LogP contribution in [0.3, 0.4) is 0 Å². The van der Waals surface area contributed by atoms with Crippen LogP contribution in [0.5, 0.6) is 0 Å². The minimum absolute atomic E-state index is 0.0431. The molecule has 0 aliphatic heterocycles. The molecular weight excluding hydrogens is 482 g/mol. The lowest BCUT2D eigenvalue weighted by Gasteiger charge is -2.15. The summed E-state index contributed by atoms with van der Waals surface area (Å²) in [6.07, 6.45) is 1.56. The fourth-order valence-corrected chi connectivity index (χ4v) is 3.85. The number of fused-ring (bicyclic) bond motifs is 2. The van der Waals surface area contributed by atoms with Crippen LogP contribution in [-0.2, 0) is 16.0 Å². The number of aryl methyl sites for hydroxylation is 1. The van der Waals surface area contributed by atoms with Gasteiger partial charge in [0, 0.05) is 37.0 Å². The summed E-state index contributed by atoms with van der Waals surface area (Å²) in [5, 5.41) is 11.5. The number of amides is 1. The van der Waals surface area contributed by atoms with Gasteiger partial charge < -0.3 is 14.0 Å². The van der Waals surface area contributed by atoms with E-state index in [0.29, 0.717) is 11.2 Å². The molecule has 12 heteroatoms. The van der Waals surface area contributed by atoms with Crippen LogP contribution in [0, 0.1) is 17.0 Å². The van der Waals surface area contributed by atoms with Crippen molar-refractivity contribution < 1.29 is 24.0 Å². The van der Waals surface area contributed by atoms with Crippen molar-refractivity contribution in [2.24, 2.45) is 4.99 Å². The van der Waals surface area contributed by atoms with Gasteiger partial charge in [-0.1, -0.05) is 12.1 Å². The zero-order chi connectivity index (χ0) is 26.7. The van der Waals surface area contributed by atoms with E-state index in [-0.39, 0.29) is 53.1 Å². The topological polar surface area (TPSA) is 147 Å². The van der Waals surface area contributed by atoms with Gasteiger partial charge in [0.1, 0.15) is 16.9 Å². The average molecular weight is 505 g/mol. The molecule has 0 unspecified atom stereocenters. The second-order valence-electron chi connectivity index (χ2n) is 8.00. The molecule has 12 nitrogen and oxygen atoms in total. The summed E-state index contributed by atoms with van der Waals surface area (Å²) < 4.78 is 13.2. The van der Waals surface area contributed by atoms with Crippen LogP contribution < -0.4 is 11.0 Å². The Morgan fingerprint density at radius 2 is 1.97 bits per heavy atom. The summed E-state index contributed by atoms with van der Waals surface area (Å²) in [6.45, 7) is 3.46. The quantitative estimate of drug-likeness (QED) is 0.161. The lowest BCUT2D eigenvalue weighted by atomic mass is 10.1. The second kappa shape index (κ2) is 10.5. The first-order chi connectivity index (χ1) is 17.8. The highest BCUT2D eigenvalue weighted by molar-refractivity contribution is 5.97. The Morgan fingerprint density at radius 3 is 2.68 bits per heavy atom. The fourth-order valence-electron chi connectivity index (χ4n) is 3.85. The summed E-state index contributed by atoms with van der Waals surface area (Å²) in [5.41, 5.74) is -0.0333. The number of benzene rings is 1. The van der Waals surface area contributed by atoms with Gasteiger partial charge in [-0.2, -0.15) is 4.99 Å². The van der Waals surface area contributed by atoms with Crippen molar-refractivity contribution in [2.75, 3.05) is 20.3 Å². The minimum atomic E-state index is -0.823. The van der Waals surface area contributed by atoms with E-state index in [0.717, 1.165) is 6.07 Å². The molecular formula is C25H23N5O7. The van der Waals surface area contributed by atoms with Crippen molar-refractivity contribution in [3.05, 3.63) is 91.3 Å². The number of carbonyl (C=O) groups is 2. The van der Waals surface area contributed by atoms with E-state index in [4.69, 9.17) is 9.47 Å². The zero-order valence-electron chi connectivity index (χ0n) is 20.3. The molecule has 0 aliphatic rings. The number of rotatable bonds is 7. The Morgan fingerprint density at radius 1 is 1.19 bits per heavy atom. The molecule has 0 bridgehead atoms. The van der Waals surface area contributed by atoms with Gasteiger partial charge in [-0.15, -0.1) is 0 Å². The van der Waals surface area contributed by atoms with Crippen LogP contribution >= 0.6 is 0 Å². The van der Waals surface area contributed by atoms with Gasteiger partial charge in [0.05, 0.1) is 23.5 Å². The number of aromatic nitrogens is 3. The van der Waals surface area contributed by atoms with Crippen molar-refractivity contribution in [1.82, 2.24) is 14.0 Å². The Bertz CT molecular complexity index is 1690. The Kier molecular flexibility index (Phi) is 7.20. The third kappa shape index (κ3) is 4.86. The predicted octanol–water partition coefficient (Wildman–Crippen LogP) is 2.43.